The Bertz CT molecular complexity index is 721. The van der Waals surface area contributed by atoms with Crippen LogP contribution in [0.15, 0.2) is 54.6 Å². The number of anilines is 1. The van der Waals surface area contributed by atoms with E-state index in [0.717, 1.165) is 5.56 Å². The van der Waals surface area contributed by atoms with Gasteiger partial charge in [0.15, 0.2) is 0 Å². The van der Waals surface area contributed by atoms with Gasteiger partial charge in [0.1, 0.15) is 0 Å². The van der Waals surface area contributed by atoms with Crippen molar-refractivity contribution >= 4 is 11.7 Å². The first-order valence-corrected chi connectivity index (χ1v) is 8.27. The van der Waals surface area contributed by atoms with E-state index in [2.05, 4.69) is 5.32 Å². The van der Waals surface area contributed by atoms with E-state index in [1.807, 2.05) is 50.2 Å². The third kappa shape index (κ3) is 5.07. The molecule has 0 bridgehead atoms. The van der Waals surface area contributed by atoms with E-state index in [1.165, 1.54) is 0 Å². The molecule has 0 aromatic heterocycles. The Kier molecular flexibility index (Phi) is 6.55. The molecule has 1 atom stereocenters. The van der Waals surface area contributed by atoms with Crippen LogP contribution in [0.25, 0.3) is 0 Å². The number of urea groups is 1. The zero-order chi connectivity index (χ0) is 18.2. The van der Waals surface area contributed by atoms with E-state index in [9.17, 15) is 9.90 Å². The van der Waals surface area contributed by atoms with Gasteiger partial charge in [-0.25, -0.2) is 4.79 Å². The number of hydrogen-bond donors (Lipinski definition) is 2. The summed E-state index contributed by atoms with van der Waals surface area (Å²) in [6.45, 7) is 4.26. The Balaban J connectivity index is 2.20. The van der Waals surface area contributed by atoms with Crippen LogP contribution in [0.2, 0.25) is 0 Å². The maximum Gasteiger partial charge on any atom is 0.322 e. The number of nitrogens with one attached hydrogen (secondary N) is 1. The molecule has 0 aliphatic carbocycles. The van der Waals surface area contributed by atoms with Crippen LogP contribution in [0.1, 0.15) is 25.0 Å². The molecule has 2 N–H and O–H groups in total. The maximum atomic E-state index is 12.8. The van der Waals surface area contributed by atoms with Crippen LogP contribution in [-0.2, 0) is 6.54 Å². The predicted octanol–water partition coefficient (Wildman–Crippen LogP) is 3.61. The average molecular weight is 337 g/mol. The number of carbonyl (C=O) groups is 1. The summed E-state index contributed by atoms with van der Waals surface area (Å²) in [5.41, 5.74) is 2.15. The smallest absolute Gasteiger partial charge is 0.322 e. The molecular formula is C20H23N3O2. The summed E-state index contributed by atoms with van der Waals surface area (Å²) in [5.74, 6) is 0.112. The maximum absolute atomic E-state index is 12.8. The molecule has 0 saturated carbocycles. The normalized spacial score (nSPS) is 11.6. The molecule has 25 heavy (non-hydrogen) atoms. The summed E-state index contributed by atoms with van der Waals surface area (Å²) in [6.07, 6.45) is 0. The Morgan fingerprint density at radius 2 is 1.80 bits per heavy atom. The minimum atomic E-state index is -0.293. The molecule has 0 heterocycles. The summed E-state index contributed by atoms with van der Waals surface area (Å²) in [4.78, 5) is 14.5. The molecule has 1 unspecified atom stereocenters. The molecule has 0 aliphatic heterocycles. The number of carbonyl (C=O) groups excluding carboxylic acids is 1. The van der Waals surface area contributed by atoms with E-state index < -0.39 is 0 Å². The van der Waals surface area contributed by atoms with Crippen LogP contribution in [-0.4, -0.2) is 28.7 Å². The van der Waals surface area contributed by atoms with Crippen molar-refractivity contribution in [1.82, 2.24) is 4.90 Å². The lowest BCUT2D eigenvalue weighted by atomic mass is 10.0. The van der Waals surface area contributed by atoms with E-state index in [4.69, 9.17) is 5.26 Å². The lowest BCUT2D eigenvalue weighted by Crippen LogP contribution is -2.47. The lowest BCUT2D eigenvalue weighted by Gasteiger charge is -2.33. The van der Waals surface area contributed by atoms with Gasteiger partial charge in [0.05, 0.1) is 24.3 Å². The van der Waals surface area contributed by atoms with Gasteiger partial charge >= 0.3 is 6.03 Å². The zero-order valence-corrected chi connectivity index (χ0v) is 14.5. The Morgan fingerprint density at radius 3 is 2.32 bits per heavy atom. The Morgan fingerprint density at radius 1 is 1.16 bits per heavy atom. The second kappa shape index (κ2) is 8.86. The van der Waals surface area contributed by atoms with Gasteiger partial charge in [-0.3, -0.25) is 0 Å². The van der Waals surface area contributed by atoms with Crippen molar-refractivity contribution in [2.24, 2.45) is 5.92 Å². The van der Waals surface area contributed by atoms with Gasteiger partial charge in [0.25, 0.3) is 0 Å². The fourth-order valence-electron chi connectivity index (χ4n) is 2.61. The van der Waals surface area contributed by atoms with Crippen molar-refractivity contribution < 1.29 is 9.90 Å². The second-order valence-electron chi connectivity index (χ2n) is 6.23. The number of aliphatic hydroxyl groups is 1. The summed E-state index contributed by atoms with van der Waals surface area (Å²) < 4.78 is 0. The first kappa shape index (κ1) is 18.5. The van der Waals surface area contributed by atoms with Crippen molar-refractivity contribution in [3.8, 4) is 6.07 Å². The molecular weight excluding hydrogens is 314 g/mol. The fourth-order valence-corrected chi connectivity index (χ4v) is 2.61. The molecule has 0 spiro atoms. The van der Waals surface area contributed by atoms with Crippen molar-refractivity contribution in [2.45, 2.75) is 26.4 Å². The van der Waals surface area contributed by atoms with Gasteiger partial charge in [0.2, 0.25) is 0 Å². The average Bonchev–Trinajstić information content (AvgIpc) is 2.62. The summed E-state index contributed by atoms with van der Waals surface area (Å²) >= 11 is 0. The predicted molar refractivity (Wildman–Crippen MR) is 97.9 cm³/mol. The van der Waals surface area contributed by atoms with Crippen LogP contribution >= 0.6 is 0 Å². The molecule has 0 radical (unpaired) electrons. The lowest BCUT2D eigenvalue weighted by molar-refractivity contribution is 0.110. The highest BCUT2D eigenvalue weighted by Crippen LogP contribution is 2.17. The van der Waals surface area contributed by atoms with E-state index in [1.54, 1.807) is 29.2 Å². The van der Waals surface area contributed by atoms with Crippen LogP contribution in [0, 0.1) is 17.2 Å². The van der Waals surface area contributed by atoms with Gasteiger partial charge in [-0.1, -0.05) is 44.2 Å². The summed E-state index contributed by atoms with van der Waals surface area (Å²) in [7, 11) is 0. The first-order valence-electron chi connectivity index (χ1n) is 8.27. The molecule has 5 nitrogen and oxygen atoms in total. The quantitative estimate of drug-likeness (QED) is 0.845. The van der Waals surface area contributed by atoms with Crippen LogP contribution in [0.3, 0.4) is 0 Å². The molecule has 2 aromatic rings. The minimum Gasteiger partial charge on any atom is -0.394 e. The number of amides is 2. The monoisotopic (exact) mass is 337 g/mol. The van der Waals surface area contributed by atoms with E-state index in [0.29, 0.717) is 17.8 Å². The van der Waals surface area contributed by atoms with Gasteiger partial charge in [-0.2, -0.15) is 5.26 Å². The van der Waals surface area contributed by atoms with Crippen molar-refractivity contribution in [3.63, 3.8) is 0 Å². The number of rotatable bonds is 6. The van der Waals surface area contributed by atoms with Crippen LogP contribution in [0.4, 0.5) is 10.5 Å². The number of hydrogen-bond acceptors (Lipinski definition) is 3. The highest BCUT2D eigenvalue weighted by molar-refractivity contribution is 5.89. The number of nitriles is 1. The molecule has 0 fully saturated rings. The topological polar surface area (TPSA) is 76.4 Å². The minimum absolute atomic E-state index is 0.106. The van der Waals surface area contributed by atoms with E-state index in [-0.39, 0.29) is 24.6 Å². The number of aliphatic hydroxyl groups excluding tert-OH is 1. The van der Waals surface area contributed by atoms with Gasteiger partial charge in [-0.05, 0) is 35.7 Å². The zero-order valence-electron chi connectivity index (χ0n) is 14.5. The molecule has 0 saturated heterocycles. The van der Waals surface area contributed by atoms with Crippen molar-refractivity contribution in [2.75, 3.05) is 11.9 Å². The van der Waals surface area contributed by atoms with Crippen molar-refractivity contribution in [1.29, 1.82) is 5.26 Å². The van der Waals surface area contributed by atoms with Gasteiger partial charge in [0, 0.05) is 12.2 Å². The second-order valence-corrected chi connectivity index (χ2v) is 6.23. The number of nitrogens with zero attached hydrogens (tertiary/aromatic N) is 2. The van der Waals surface area contributed by atoms with Crippen LogP contribution in [0.5, 0.6) is 0 Å². The SMILES string of the molecule is CC(C)C(CO)N(Cc1ccccc1)C(=O)Nc1ccc(C#N)cc1. The highest BCUT2D eigenvalue weighted by atomic mass is 16.3. The summed E-state index contributed by atoms with van der Waals surface area (Å²) in [5, 5.41) is 21.5. The molecule has 2 rings (SSSR count). The van der Waals surface area contributed by atoms with Crippen molar-refractivity contribution in [3.05, 3.63) is 65.7 Å². The third-order valence-electron chi connectivity index (χ3n) is 4.08. The molecule has 2 aromatic carbocycles. The van der Waals surface area contributed by atoms with Gasteiger partial charge < -0.3 is 15.3 Å². The number of benzene rings is 2. The molecule has 5 heteroatoms. The Hall–Kier alpha value is -2.84. The molecule has 130 valence electrons. The highest BCUT2D eigenvalue weighted by Gasteiger charge is 2.26. The third-order valence-corrected chi connectivity index (χ3v) is 4.08. The van der Waals surface area contributed by atoms with E-state index >= 15 is 0 Å². The molecule has 0 aliphatic rings. The summed E-state index contributed by atoms with van der Waals surface area (Å²) in [6, 6.07) is 17.9. The molecule has 2 amide bonds. The van der Waals surface area contributed by atoms with Gasteiger partial charge in [-0.15, -0.1) is 0 Å². The van der Waals surface area contributed by atoms with Crippen LogP contribution < -0.4 is 5.32 Å². The first-order chi connectivity index (χ1) is 12.0. The standard InChI is InChI=1S/C20H23N3O2/c1-15(2)19(14-24)23(13-17-6-4-3-5-7-17)20(25)22-18-10-8-16(12-21)9-11-18/h3-11,15,19,24H,13-14H2,1-2H3,(H,22,25). The Labute approximate surface area is 148 Å². The largest absolute Gasteiger partial charge is 0.394 e. The fraction of sp³-hybridized carbons (Fsp3) is 0.300.